The minimum absolute atomic E-state index is 0. The molecule has 0 aromatic heterocycles. The number of methoxy groups -OCH3 is 1. The summed E-state index contributed by atoms with van der Waals surface area (Å²) in [5.41, 5.74) is 6.91. The van der Waals surface area contributed by atoms with Gasteiger partial charge in [0.05, 0.1) is 6.61 Å². The number of hydrogen-bond donors (Lipinski definition) is 3. The molecule has 1 amide bonds. The summed E-state index contributed by atoms with van der Waals surface area (Å²) >= 11 is 0. The van der Waals surface area contributed by atoms with E-state index < -0.39 is 0 Å². The van der Waals surface area contributed by atoms with E-state index in [0.29, 0.717) is 24.4 Å². The number of terminal acetylenes is 1. The molecule has 0 aliphatic carbocycles. The van der Waals surface area contributed by atoms with Crippen LogP contribution >= 0.6 is 24.0 Å². The Kier molecular flexibility index (Phi) is 10.0. The molecule has 1 rings (SSSR count). The molecule has 0 radical (unpaired) electrons. The third kappa shape index (κ3) is 8.16. The number of rotatable bonds is 6. The van der Waals surface area contributed by atoms with Gasteiger partial charge >= 0.3 is 0 Å². The first-order chi connectivity index (χ1) is 9.65. The quantitative estimate of drug-likeness (QED) is 0.216. The third-order valence-electron chi connectivity index (χ3n) is 2.32. The van der Waals surface area contributed by atoms with Crippen molar-refractivity contribution in [3.8, 4) is 12.3 Å². The zero-order valence-corrected chi connectivity index (χ0v) is 14.1. The van der Waals surface area contributed by atoms with Crippen LogP contribution in [0.5, 0.6) is 0 Å². The van der Waals surface area contributed by atoms with E-state index in [4.69, 9.17) is 16.9 Å². The van der Waals surface area contributed by atoms with E-state index in [1.165, 1.54) is 0 Å². The van der Waals surface area contributed by atoms with Gasteiger partial charge in [0.15, 0.2) is 5.96 Å². The number of guanidine groups is 1. The van der Waals surface area contributed by atoms with Gasteiger partial charge in [0.25, 0.3) is 0 Å². The topological polar surface area (TPSA) is 88.7 Å². The molecule has 21 heavy (non-hydrogen) atoms. The lowest BCUT2D eigenvalue weighted by molar-refractivity contribution is -0.114. The van der Waals surface area contributed by atoms with Crippen LogP contribution in [-0.4, -0.2) is 38.7 Å². The number of carbonyl (C=O) groups excluding carboxylic acids is 1. The van der Waals surface area contributed by atoms with Crippen molar-refractivity contribution in [2.75, 3.05) is 32.1 Å². The Labute approximate surface area is 141 Å². The van der Waals surface area contributed by atoms with Crippen molar-refractivity contribution < 1.29 is 9.53 Å². The number of halogens is 1. The maximum absolute atomic E-state index is 11.7. The van der Waals surface area contributed by atoms with E-state index in [1.54, 1.807) is 31.4 Å². The second kappa shape index (κ2) is 10.9. The van der Waals surface area contributed by atoms with Crippen LogP contribution in [0.4, 0.5) is 5.69 Å². The Balaban J connectivity index is 0.00000400. The van der Waals surface area contributed by atoms with E-state index in [2.05, 4.69) is 21.5 Å². The van der Waals surface area contributed by atoms with E-state index >= 15 is 0 Å². The van der Waals surface area contributed by atoms with Crippen LogP contribution < -0.4 is 16.4 Å². The van der Waals surface area contributed by atoms with Crippen LogP contribution in [0.1, 0.15) is 5.56 Å². The maximum Gasteiger partial charge on any atom is 0.246 e. The fraction of sp³-hybridized carbons (Fsp3) is 0.286. The Morgan fingerprint density at radius 1 is 1.52 bits per heavy atom. The van der Waals surface area contributed by atoms with E-state index in [0.717, 1.165) is 0 Å². The number of ether oxygens (including phenoxy) is 1. The molecule has 0 saturated heterocycles. The predicted molar refractivity (Wildman–Crippen MR) is 94.8 cm³/mol. The molecule has 0 saturated carbocycles. The van der Waals surface area contributed by atoms with Crippen molar-refractivity contribution >= 4 is 41.5 Å². The maximum atomic E-state index is 11.7. The molecule has 0 bridgehead atoms. The number of hydrogen-bond acceptors (Lipinski definition) is 3. The van der Waals surface area contributed by atoms with Gasteiger partial charge in [-0.3, -0.25) is 4.79 Å². The van der Waals surface area contributed by atoms with Crippen LogP contribution in [0.15, 0.2) is 29.3 Å². The normalized spacial score (nSPS) is 10.2. The number of aliphatic imine (C=N–C) groups is 1. The van der Waals surface area contributed by atoms with Crippen molar-refractivity contribution in [2.24, 2.45) is 10.7 Å². The molecule has 7 heteroatoms. The Bertz CT molecular complexity index is 526. The van der Waals surface area contributed by atoms with Crippen LogP contribution in [0.25, 0.3) is 0 Å². The van der Waals surface area contributed by atoms with Gasteiger partial charge < -0.3 is 21.1 Å². The van der Waals surface area contributed by atoms with E-state index in [9.17, 15) is 4.79 Å². The minimum atomic E-state index is -0.268. The smallest absolute Gasteiger partial charge is 0.246 e. The molecule has 0 aliphatic rings. The zero-order chi connectivity index (χ0) is 14.8. The van der Waals surface area contributed by atoms with E-state index in [1.807, 2.05) is 0 Å². The van der Waals surface area contributed by atoms with Crippen LogP contribution in [0.3, 0.4) is 0 Å². The molecule has 0 fully saturated rings. The SMILES string of the molecule is C#Cc1cccc(NC(=O)CN=C(N)NCCOC)c1.I. The average molecular weight is 402 g/mol. The summed E-state index contributed by atoms with van der Waals surface area (Å²) in [6.07, 6.45) is 5.29. The molecular weight excluding hydrogens is 383 g/mol. The number of nitrogens with zero attached hydrogens (tertiary/aromatic N) is 1. The van der Waals surface area contributed by atoms with Gasteiger partial charge in [0.1, 0.15) is 6.54 Å². The summed E-state index contributed by atoms with van der Waals surface area (Å²) in [5, 5.41) is 5.51. The van der Waals surface area contributed by atoms with Crippen LogP contribution in [0.2, 0.25) is 0 Å². The lowest BCUT2D eigenvalue weighted by atomic mass is 10.2. The predicted octanol–water partition coefficient (Wildman–Crippen LogP) is 0.775. The molecule has 114 valence electrons. The van der Waals surface area contributed by atoms with Gasteiger partial charge in [-0.25, -0.2) is 4.99 Å². The number of amides is 1. The highest BCUT2D eigenvalue weighted by atomic mass is 127. The largest absolute Gasteiger partial charge is 0.383 e. The highest BCUT2D eigenvalue weighted by Gasteiger charge is 2.02. The van der Waals surface area contributed by atoms with Gasteiger partial charge in [-0.15, -0.1) is 30.4 Å². The molecule has 0 spiro atoms. The minimum Gasteiger partial charge on any atom is -0.383 e. The van der Waals surface area contributed by atoms with E-state index in [-0.39, 0.29) is 42.4 Å². The number of nitrogens with two attached hydrogens (primary N) is 1. The van der Waals surface area contributed by atoms with Crippen LogP contribution in [0, 0.1) is 12.3 Å². The molecule has 6 nitrogen and oxygen atoms in total. The Hall–Kier alpha value is -1.79. The molecule has 0 atom stereocenters. The summed E-state index contributed by atoms with van der Waals surface area (Å²) in [6.45, 7) is 0.991. The molecule has 0 heterocycles. The van der Waals surface area contributed by atoms with Crippen molar-refractivity contribution in [1.82, 2.24) is 5.32 Å². The summed E-state index contributed by atoms with van der Waals surface area (Å²) in [4.78, 5) is 15.6. The monoisotopic (exact) mass is 402 g/mol. The molecule has 1 aromatic rings. The third-order valence-corrected chi connectivity index (χ3v) is 2.32. The molecular formula is C14H19IN4O2. The average Bonchev–Trinajstić information content (AvgIpc) is 2.45. The van der Waals surface area contributed by atoms with Crippen molar-refractivity contribution in [3.05, 3.63) is 29.8 Å². The highest BCUT2D eigenvalue weighted by Crippen LogP contribution is 2.09. The van der Waals surface area contributed by atoms with Crippen molar-refractivity contribution in [1.29, 1.82) is 0 Å². The molecule has 0 unspecified atom stereocenters. The summed E-state index contributed by atoms with van der Waals surface area (Å²) in [5.74, 6) is 2.43. The highest BCUT2D eigenvalue weighted by molar-refractivity contribution is 14.0. The van der Waals surface area contributed by atoms with Crippen LogP contribution in [-0.2, 0) is 9.53 Å². The first-order valence-corrected chi connectivity index (χ1v) is 6.05. The second-order valence-corrected chi connectivity index (χ2v) is 3.89. The lowest BCUT2D eigenvalue weighted by Gasteiger charge is -2.06. The lowest BCUT2D eigenvalue weighted by Crippen LogP contribution is -2.35. The number of anilines is 1. The van der Waals surface area contributed by atoms with Gasteiger partial charge in [-0.2, -0.15) is 0 Å². The molecule has 4 N–H and O–H groups in total. The molecule has 1 aromatic carbocycles. The Morgan fingerprint density at radius 3 is 2.95 bits per heavy atom. The fourth-order valence-corrected chi connectivity index (χ4v) is 1.38. The number of benzene rings is 1. The summed E-state index contributed by atoms with van der Waals surface area (Å²) < 4.78 is 4.85. The van der Waals surface area contributed by atoms with Gasteiger partial charge in [0.2, 0.25) is 5.91 Å². The molecule has 0 aliphatic heterocycles. The fourth-order valence-electron chi connectivity index (χ4n) is 1.38. The van der Waals surface area contributed by atoms with Gasteiger partial charge in [-0.05, 0) is 18.2 Å². The number of nitrogens with one attached hydrogen (secondary N) is 2. The first-order valence-electron chi connectivity index (χ1n) is 6.05. The van der Waals surface area contributed by atoms with Gasteiger partial charge in [0, 0.05) is 24.9 Å². The second-order valence-electron chi connectivity index (χ2n) is 3.89. The van der Waals surface area contributed by atoms with Gasteiger partial charge in [-0.1, -0.05) is 12.0 Å². The standard InChI is InChI=1S/C14H18N4O2.HI/c1-3-11-5-4-6-12(9-11)18-13(19)10-17-14(15)16-7-8-20-2;/h1,4-6,9H,7-8,10H2,2H3,(H,18,19)(H3,15,16,17);1H. The first kappa shape index (κ1) is 19.2. The van der Waals surface area contributed by atoms with Crippen molar-refractivity contribution in [2.45, 2.75) is 0 Å². The number of carbonyl (C=O) groups is 1. The van der Waals surface area contributed by atoms with Crippen molar-refractivity contribution in [3.63, 3.8) is 0 Å². The zero-order valence-electron chi connectivity index (χ0n) is 11.8. The summed E-state index contributed by atoms with van der Waals surface area (Å²) in [7, 11) is 1.59. The Morgan fingerprint density at radius 2 is 2.29 bits per heavy atom. The summed E-state index contributed by atoms with van der Waals surface area (Å²) in [6, 6.07) is 7.02.